The van der Waals surface area contributed by atoms with Crippen LogP contribution in [-0.2, 0) is 0 Å². The molecule has 2 heterocycles. The number of aromatic nitrogens is 5. The predicted octanol–water partition coefficient (Wildman–Crippen LogP) is 1.86. The molecule has 0 radical (unpaired) electrons. The Kier molecular flexibility index (Phi) is 2.22. The van der Waals surface area contributed by atoms with Gasteiger partial charge in [-0.15, -0.1) is 15.0 Å². The molecule has 0 aliphatic carbocycles. The highest BCUT2D eigenvalue weighted by atomic mass is 16.6. The molecule has 0 fully saturated rings. The molecule has 2 aromatic heterocycles. The van der Waals surface area contributed by atoms with Crippen LogP contribution in [-0.4, -0.2) is 30.2 Å². The third-order valence-corrected chi connectivity index (χ3v) is 3.07. The summed E-state index contributed by atoms with van der Waals surface area (Å²) in [4.78, 5) is 11.8. The van der Waals surface area contributed by atoms with Gasteiger partial charge in [0.1, 0.15) is 16.6 Å². The molecule has 0 unspecified atom stereocenters. The van der Waals surface area contributed by atoms with E-state index in [9.17, 15) is 10.1 Å². The molecule has 9 nitrogen and oxygen atoms in total. The van der Waals surface area contributed by atoms with Crippen LogP contribution in [0.5, 0.6) is 0 Å². The lowest BCUT2D eigenvalue weighted by Crippen LogP contribution is -2.02. The maximum Gasteiger partial charge on any atom is 0.296 e. The maximum absolute atomic E-state index is 11.1. The highest BCUT2D eigenvalue weighted by Gasteiger charge is 2.18. The molecular formula is C12H6N6O3. The van der Waals surface area contributed by atoms with Gasteiger partial charge in [-0.25, -0.2) is 4.63 Å². The van der Waals surface area contributed by atoms with Gasteiger partial charge in [-0.2, -0.15) is 0 Å². The van der Waals surface area contributed by atoms with Gasteiger partial charge in [-0.1, -0.05) is 12.1 Å². The Morgan fingerprint density at radius 1 is 1.00 bits per heavy atom. The first-order valence-electron chi connectivity index (χ1n) is 5.96. The second-order valence-electron chi connectivity index (χ2n) is 4.30. The average molecular weight is 282 g/mol. The average Bonchev–Trinajstić information content (AvgIpc) is 3.12. The summed E-state index contributed by atoms with van der Waals surface area (Å²) >= 11 is 0. The van der Waals surface area contributed by atoms with Crippen LogP contribution in [0.2, 0.25) is 0 Å². The maximum atomic E-state index is 11.1. The van der Waals surface area contributed by atoms with Gasteiger partial charge in [0.05, 0.1) is 4.92 Å². The second kappa shape index (κ2) is 4.07. The van der Waals surface area contributed by atoms with Gasteiger partial charge >= 0.3 is 0 Å². The normalized spacial score (nSPS) is 11.2. The minimum Gasteiger partial charge on any atom is -0.258 e. The van der Waals surface area contributed by atoms with Crippen molar-refractivity contribution in [1.82, 2.24) is 25.3 Å². The van der Waals surface area contributed by atoms with Crippen molar-refractivity contribution < 1.29 is 9.55 Å². The molecule has 0 aliphatic rings. The van der Waals surface area contributed by atoms with Crippen LogP contribution in [0, 0.1) is 10.1 Å². The summed E-state index contributed by atoms with van der Waals surface area (Å²) in [5, 5.41) is 27.1. The smallest absolute Gasteiger partial charge is 0.258 e. The Hall–Kier alpha value is -3.36. The van der Waals surface area contributed by atoms with Gasteiger partial charge in [-0.3, -0.25) is 10.1 Å². The zero-order valence-electron chi connectivity index (χ0n) is 10.4. The van der Waals surface area contributed by atoms with Crippen LogP contribution >= 0.6 is 0 Å². The number of nitrogens with zero attached hydrogens (tertiary/aromatic N) is 6. The Morgan fingerprint density at radius 2 is 1.81 bits per heavy atom. The quantitative estimate of drug-likeness (QED) is 0.407. The first-order valence-corrected chi connectivity index (χ1v) is 5.96. The summed E-state index contributed by atoms with van der Waals surface area (Å²) in [5.74, 6) is 0. The second-order valence-corrected chi connectivity index (χ2v) is 4.30. The lowest BCUT2D eigenvalue weighted by Gasteiger charge is -1.99. The van der Waals surface area contributed by atoms with E-state index in [1.54, 1.807) is 30.3 Å². The molecule has 21 heavy (non-hydrogen) atoms. The van der Waals surface area contributed by atoms with Crippen molar-refractivity contribution >= 4 is 27.8 Å². The lowest BCUT2D eigenvalue weighted by molar-refractivity contribution is -0.384. The molecular weight excluding hydrogens is 276 g/mol. The fourth-order valence-corrected chi connectivity index (χ4v) is 2.12. The van der Waals surface area contributed by atoms with Crippen LogP contribution < -0.4 is 0 Å². The van der Waals surface area contributed by atoms with Crippen molar-refractivity contribution in [2.45, 2.75) is 0 Å². The molecule has 4 aromatic rings. The van der Waals surface area contributed by atoms with Crippen molar-refractivity contribution in [2.75, 3.05) is 0 Å². The Bertz CT molecular complexity index is 989. The number of nitro groups is 1. The van der Waals surface area contributed by atoms with Crippen LogP contribution in [0.15, 0.2) is 41.0 Å². The van der Waals surface area contributed by atoms with E-state index in [1.807, 2.05) is 0 Å². The van der Waals surface area contributed by atoms with Gasteiger partial charge in [0.15, 0.2) is 11.2 Å². The van der Waals surface area contributed by atoms with Crippen molar-refractivity contribution in [3.05, 3.63) is 46.5 Å². The monoisotopic (exact) mass is 282 g/mol. The number of fused-ring (bicyclic) bond motifs is 3. The predicted molar refractivity (Wildman–Crippen MR) is 70.9 cm³/mol. The number of benzene rings is 2. The standard InChI is InChI=1S/C12H6N6O3/c19-18(20)10-4-2-1-3-9(10)17-13-7-5-6-8-12(11(7)14-17)16-21-15-8/h1-6H. The molecule has 0 aliphatic heterocycles. The first-order chi connectivity index (χ1) is 10.2. The molecule has 0 N–H and O–H groups in total. The summed E-state index contributed by atoms with van der Waals surface area (Å²) in [6, 6.07) is 9.66. The number of hydrogen-bond acceptors (Lipinski definition) is 7. The molecule has 0 spiro atoms. The molecule has 9 heteroatoms. The third kappa shape index (κ3) is 1.64. The van der Waals surface area contributed by atoms with E-state index < -0.39 is 4.92 Å². The van der Waals surface area contributed by atoms with Crippen molar-refractivity contribution in [3.8, 4) is 5.69 Å². The molecule has 0 atom stereocenters. The fourth-order valence-electron chi connectivity index (χ4n) is 2.12. The van der Waals surface area contributed by atoms with E-state index in [4.69, 9.17) is 0 Å². The van der Waals surface area contributed by atoms with Crippen molar-refractivity contribution in [1.29, 1.82) is 0 Å². The van der Waals surface area contributed by atoms with Crippen LogP contribution in [0.4, 0.5) is 5.69 Å². The molecule has 0 saturated heterocycles. The highest BCUT2D eigenvalue weighted by Crippen LogP contribution is 2.24. The Balaban J connectivity index is 2.01. The van der Waals surface area contributed by atoms with E-state index >= 15 is 0 Å². The summed E-state index contributed by atoms with van der Waals surface area (Å²) in [6.45, 7) is 0. The third-order valence-electron chi connectivity index (χ3n) is 3.07. The first kappa shape index (κ1) is 11.5. The fraction of sp³-hybridized carbons (Fsp3) is 0. The Morgan fingerprint density at radius 3 is 2.67 bits per heavy atom. The largest absolute Gasteiger partial charge is 0.296 e. The van der Waals surface area contributed by atoms with E-state index in [2.05, 4.69) is 25.1 Å². The van der Waals surface area contributed by atoms with Gasteiger partial charge in [-0.05, 0) is 28.5 Å². The van der Waals surface area contributed by atoms with Gasteiger partial charge in [0.25, 0.3) is 5.69 Å². The molecule has 4 rings (SSSR count). The van der Waals surface area contributed by atoms with E-state index in [0.717, 1.165) is 0 Å². The summed E-state index contributed by atoms with van der Waals surface area (Å²) in [6.07, 6.45) is 0. The van der Waals surface area contributed by atoms with Crippen molar-refractivity contribution in [2.24, 2.45) is 0 Å². The van der Waals surface area contributed by atoms with Crippen LogP contribution in [0.1, 0.15) is 0 Å². The lowest BCUT2D eigenvalue weighted by atomic mass is 10.3. The van der Waals surface area contributed by atoms with Crippen LogP contribution in [0.25, 0.3) is 27.8 Å². The SMILES string of the molecule is O=[N+]([O-])c1ccccc1-n1nc2ccc3nonc3c2n1. The number of hydrogen-bond donors (Lipinski definition) is 0. The molecule has 0 amide bonds. The van der Waals surface area contributed by atoms with E-state index in [1.165, 1.54) is 10.9 Å². The minimum atomic E-state index is -0.476. The molecule has 102 valence electrons. The van der Waals surface area contributed by atoms with Crippen molar-refractivity contribution in [3.63, 3.8) is 0 Å². The van der Waals surface area contributed by atoms with E-state index in [0.29, 0.717) is 22.1 Å². The Labute approximate surface area is 115 Å². The zero-order valence-corrected chi connectivity index (χ0v) is 10.4. The van der Waals surface area contributed by atoms with Crippen LogP contribution in [0.3, 0.4) is 0 Å². The molecule has 2 aromatic carbocycles. The number of para-hydroxylation sites is 2. The highest BCUT2D eigenvalue weighted by molar-refractivity contribution is 5.98. The molecule has 0 saturated carbocycles. The zero-order chi connectivity index (χ0) is 14.4. The van der Waals surface area contributed by atoms with Gasteiger partial charge in [0, 0.05) is 6.07 Å². The molecule has 0 bridgehead atoms. The number of nitro benzene ring substituents is 1. The topological polar surface area (TPSA) is 113 Å². The summed E-state index contributed by atoms with van der Waals surface area (Å²) in [5.41, 5.74) is 2.26. The van der Waals surface area contributed by atoms with Gasteiger partial charge in [0.2, 0.25) is 0 Å². The van der Waals surface area contributed by atoms with Gasteiger partial charge < -0.3 is 0 Å². The summed E-state index contributed by atoms with van der Waals surface area (Å²) < 4.78 is 4.66. The summed E-state index contributed by atoms with van der Waals surface area (Å²) in [7, 11) is 0. The minimum absolute atomic E-state index is 0.0765. The number of rotatable bonds is 2. The van der Waals surface area contributed by atoms with E-state index in [-0.39, 0.29) is 11.4 Å².